The van der Waals surface area contributed by atoms with E-state index in [0.717, 1.165) is 5.92 Å². The van der Waals surface area contributed by atoms with E-state index in [1.54, 1.807) is 0 Å². The van der Waals surface area contributed by atoms with Crippen molar-refractivity contribution >= 4 is 0 Å². The Morgan fingerprint density at radius 3 is 2.00 bits per heavy atom. The van der Waals surface area contributed by atoms with Crippen LogP contribution in [0.1, 0.15) is 47.5 Å². The topological polar surface area (TPSA) is 6.48 Å². The van der Waals surface area contributed by atoms with Gasteiger partial charge in [0.05, 0.1) is 0 Å². The Hall–Kier alpha value is -0.0800. The third-order valence-electron chi connectivity index (χ3n) is 3.58. The van der Waals surface area contributed by atoms with Crippen LogP contribution in [0.4, 0.5) is 0 Å². The lowest BCUT2D eigenvalue weighted by molar-refractivity contribution is 0.0613. The minimum atomic E-state index is 0.351. The highest BCUT2D eigenvalue weighted by atomic mass is 15.3. The van der Waals surface area contributed by atoms with Crippen molar-refractivity contribution in [2.24, 2.45) is 5.92 Å². The van der Waals surface area contributed by atoms with Gasteiger partial charge in [-0.1, -0.05) is 13.8 Å². The maximum atomic E-state index is 2.63. The van der Waals surface area contributed by atoms with Gasteiger partial charge in [-0.25, -0.2) is 0 Å². The lowest BCUT2D eigenvalue weighted by Gasteiger charge is -2.42. The van der Waals surface area contributed by atoms with Gasteiger partial charge in [-0.2, -0.15) is 0 Å². The molecule has 0 aromatic heterocycles. The first-order valence-corrected chi connectivity index (χ1v) is 6.87. The van der Waals surface area contributed by atoms with Crippen LogP contribution < -0.4 is 0 Å². The first-order valence-electron chi connectivity index (χ1n) is 6.87. The zero-order valence-corrected chi connectivity index (χ0v) is 11.9. The Kier molecular flexibility index (Phi) is 5.26. The molecule has 1 aliphatic heterocycles. The first kappa shape index (κ1) is 14.0. The molecule has 2 nitrogen and oxygen atoms in total. The molecule has 2 heteroatoms. The third-order valence-corrected chi connectivity index (χ3v) is 3.58. The first-order chi connectivity index (χ1) is 7.39. The van der Waals surface area contributed by atoms with Crippen LogP contribution >= 0.6 is 0 Å². The van der Waals surface area contributed by atoms with E-state index in [9.17, 15) is 0 Å². The molecule has 0 aromatic carbocycles. The van der Waals surface area contributed by atoms with Crippen molar-refractivity contribution < 1.29 is 0 Å². The molecule has 16 heavy (non-hydrogen) atoms. The minimum Gasteiger partial charge on any atom is -0.301 e. The second-order valence-electron chi connectivity index (χ2n) is 6.54. The van der Waals surface area contributed by atoms with Crippen LogP contribution in [0.15, 0.2) is 0 Å². The number of hydrogen-bond acceptors (Lipinski definition) is 2. The summed E-state index contributed by atoms with van der Waals surface area (Å²) in [6.07, 6.45) is 2.74. The fourth-order valence-electron chi connectivity index (χ4n) is 2.37. The molecule has 0 bridgehead atoms. The van der Waals surface area contributed by atoms with Gasteiger partial charge >= 0.3 is 0 Å². The van der Waals surface area contributed by atoms with Gasteiger partial charge < -0.3 is 4.90 Å². The summed E-state index contributed by atoms with van der Waals surface area (Å²) in [6.45, 7) is 17.9. The van der Waals surface area contributed by atoms with E-state index in [1.165, 1.54) is 45.6 Å². The van der Waals surface area contributed by atoms with Gasteiger partial charge in [0.2, 0.25) is 0 Å². The van der Waals surface area contributed by atoms with Crippen molar-refractivity contribution in [2.75, 3.05) is 32.7 Å². The van der Waals surface area contributed by atoms with Crippen molar-refractivity contribution in [2.45, 2.75) is 53.0 Å². The maximum Gasteiger partial charge on any atom is 0.0126 e. The monoisotopic (exact) mass is 226 g/mol. The van der Waals surface area contributed by atoms with Gasteiger partial charge in [0.1, 0.15) is 0 Å². The molecule has 0 saturated carbocycles. The summed E-state index contributed by atoms with van der Waals surface area (Å²) in [6, 6.07) is 0. The predicted molar refractivity (Wildman–Crippen MR) is 71.8 cm³/mol. The Labute approximate surface area is 102 Å². The Morgan fingerprint density at radius 2 is 1.56 bits per heavy atom. The van der Waals surface area contributed by atoms with E-state index in [1.807, 2.05) is 0 Å². The molecule has 0 radical (unpaired) electrons. The lowest BCUT2D eigenvalue weighted by Crippen LogP contribution is -2.53. The van der Waals surface area contributed by atoms with Gasteiger partial charge in [-0.05, 0) is 46.1 Å². The van der Waals surface area contributed by atoms with Crippen molar-refractivity contribution in [3.05, 3.63) is 0 Å². The molecule has 1 saturated heterocycles. The Morgan fingerprint density at radius 1 is 1.00 bits per heavy atom. The molecule has 1 aliphatic rings. The van der Waals surface area contributed by atoms with Crippen molar-refractivity contribution in [3.63, 3.8) is 0 Å². The van der Waals surface area contributed by atoms with Crippen molar-refractivity contribution in [1.29, 1.82) is 0 Å². The zero-order chi connectivity index (χ0) is 12.2. The Bertz CT molecular complexity index is 185. The highest BCUT2D eigenvalue weighted by Crippen LogP contribution is 2.16. The largest absolute Gasteiger partial charge is 0.301 e. The molecule has 96 valence electrons. The second-order valence-corrected chi connectivity index (χ2v) is 6.54. The average Bonchev–Trinajstić information content (AvgIpc) is 2.16. The van der Waals surface area contributed by atoms with Gasteiger partial charge in [0.25, 0.3) is 0 Å². The molecule has 0 N–H and O–H groups in total. The van der Waals surface area contributed by atoms with Gasteiger partial charge in [0, 0.05) is 31.7 Å². The predicted octanol–water partition coefficient (Wildman–Crippen LogP) is 2.84. The summed E-state index contributed by atoms with van der Waals surface area (Å²) < 4.78 is 0. The van der Waals surface area contributed by atoms with Crippen LogP contribution in [-0.2, 0) is 0 Å². The lowest BCUT2D eigenvalue weighted by atomic mass is 10.0. The number of hydrogen-bond donors (Lipinski definition) is 0. The van der Waals surface area contributed by atoms with Crippen molar-refractivity contribution in [3.8, 4) is 0 Å². The summed E-state index contributed by atoms with van der Waals surface area (Å²) >= 11 is 0. The SMILES string of the molecule is CC(C)CCCN1CCN(C(C)(C)C)CC1. The maximum absolute atomic E-state index is 2.63. The van der Waals surface area contributed by atoms with Gasteiger partial charge in [0.15, 0.2) is 0 Å². The Balaban J connectivity index is 2.17. The van der Waals surface area contributed by atoms with Gasteiger partial charge in [-0.3, -0.25) is 4.90 Å². The molecular weight excluding hydrogens is 196 g/mol. The molecule has 1 fully saturated rings. The number of piperazine rings is 1. The van der Waals surface area contributed by atoms with E-state index in [0.29, 0.717) is 5.54 Å². The molecule has 1 heterocycles. The van der Waals surface area contributed by atoms with E-state index in [4.69, 9.17) is 0 Å². The molecule has 0 atom stereocenters. The van der Waals surface area contributed by atoms with E-state index >= 15 is 0 Å². The number of rotatable bonds is 4. The molecule has 0 aromatic rings. The normalized spacial score (nSPS) is 20.6. The summed E-state index contributed by atoms with van der Waals surface area (Å²) in [7, 11) is 0. The quantitative estimate of drug-likeness (QED) is 0.727. The molecule has 0 unspecified atom stereocenters. The van der Waals surface area contributed by atoms with Crippen LogP contribution in [-0.4, -0.2) is 48.1 Å². The summed E-state index contributed by atoms with van der Waals surface area (Å²) in [5.74, 6) is 0.857. The minimum absolute atomic E-state index is 0.351. The summed E-state index contributed by atoms with van der Waals surface area (Å²) in [5.41, 5.74) is 0.351. The average molecular weight is 226 g/mol. The fraction of sp³-hybridized carbons (Fsp3) is 1.00. The fourth-order valence-corrected chi connectivity index (χ4v) is 2.37. The molecule has 0 spiro atoms. The molecule has 0 amide bonds. The van der Waals surface area contributed by atoms with Gasteiger partial charge in [-0.15, -0.1) is 0 Å². The zero-order valence-electron chi connectivity index (χ0n) is 11.9. The third kappa shape index (κ3) is 4.84. The highest BCUT2D eigenvalue weighted by molar-refractivity contribution is 4.81. The van der Waals surface area contributed by atoms with Crippen LogP contribution in [0.3, 0.4) is 0 Å². The number of nitrogens with zero attached hydrogens (tertiary/aromatic N) is 2. The summed E-state index contributed by atoms with van der Waals surface area (Å²) in [5, 5.41) is 0. The van der Waals surface area contributed by atoms with E-state index in [2.05, 4.69) is 44.4 Å². The van der Waals surface area contributed by atoms with Crippen LogP contribution in [0, 0.1) is 5.92 Å². The molecule has 0 aliphatic carbocycles. The second kappa shape index (κ2) is 6.02. The van der Waals surface area contributed by atoms with Crippen LogP contribution in [0.2, 0.25) is 0 Å². The summed E-state index contributed by atoms with van der Waals surface area (Å²) in [4.78, 5) is 5.23. The van der Waals surface area contributed by atoms with Crippen LogP contribution in [0.25, 0.3) is 0 Å². The molecule has 1 rings (SSSR count). The van der Waals surface area contributed by atoms with E-state index in [-0.39, 0.29) is 0 Å². The van der Waals surface area contributed by atoms with Crippen LogP contribution in [0.5, 0.6) is 0 Å². The van der Waals surface area contributed by atoms with Crippen molar-refractivity contribution in [1.82, 2.24) is 9.80 Å². The smallest absolute Gasteiger partial charge is 0.0126 e. The highest BCUT2D eigenvalue weighted by Gasteiger charge is 2.25. The molecular formula is C14H30N2. The van der Waals surface area contributed by atoms with E-state index < -0.39 is 0 Å². The standard InChI is InChI=1S/C14H30N2/c1-13(2)7-6-8-15-9-11-16(12-10-15)14(3,4)5/h13H,6-12H2,1-5H3.